The molecule has 6 nitrogen and oxygen atoms in total. The molecule has 6 heteroatoms. The van der Waals surface area contributed by atoms with Crippen LogP contribution < -0.4 is 10.2 Å². The Kier molecular flexibility index (Phi) is 5.32. The van der Waals surface area contributed by atoms with Crippen LogP contribution in [-0.4, -0.2) is 48.2 Å². The van der Waals surface area contributed by atoms with Crippen LogP contribution in [-0.2, 0) is 9.53 Å². The van der Waals surface area contributed by atoms with E-state index in [4.69, 9.17) is 14.7 Å². The molecule has 5 rings (SSSR count). The molecule has 2 aliphatic rings. The molecule has 0 spiro atoms. The van der Waals surface area contributed by atoms with Crippen molar-refractivity contribution in [1.29, 1.82) is 0 Å². The van der Waals surface area contributed by atoms with Gasteiger partial charge in [0.2, 0.25) is 5.91 Å². The van der Waals surface area contributed by atoms with Crippen molar-refractivity contribution >= 4 is 22.6 Å². The summed E-state index contributed by atoms with van der Waals surface area (Å²) in [6.07, 6.45) is 2.66. The molecule has 1 amide bonds. The lowest BCUT2D eigenvalue weighted by molar-refractivity contribution is -0.125. The van der Waals surface area contributed by atoms with E-state index >= 15 is 0 Å². The molecule has 0 aliphatic carbocycles. The van der Waals surface area contributed by atoms with Gasteiger partial charge in [-0.15, -0.1) is 0 Å². The van der Waals surface area contributed by atoms with Gasteiger partial charge >= 0.3 is 0 Å². The average Bonchev–Trinajstić information content (AvgIpc) is 3.35. The maximum atomic E-state index is 12.4. The summed E-state index contributed by atoms with van der Waals surface area (Å²) < 4.78 is 5.35. The molecule has 1 aromatic heterocycles. The second kappa shape index (κ2) is 8.40. The number of amides is 1. The Bertz CT molecular complexity index is 1030. The Hall–Kier alpha value is -2.99. The maximum absolute atomic E-state index is 12.4. The molecule has 2 aliphatic heterocycles. The minimum absolute atomic E-state index is 0.0160. The van der Waals surface area contributed by atoms with Gasteiger partial charge < -0.3 is 15.0 Å². The predicted octanol–water partition coefficient (Wildman–Crippen LogP) is 3.42. The summed E-state index contributed by atoms with van der Waals surface area (Å²) in [4.78, 5) is 24.5. The lowest BCUT2D eigenvalue weighted by Crippen LogP contribution is -2.46. The lowest BCUT2D eigenvalue weighted by atomic mass is 10.0. The highest BCUT2D eigenvalue weighted by molar-refractivity contribution is 5.91. The molecule has 2 aromatic carbocycles. The molecule has 2 saturated heterocycles. The van der Waals surface area contributed by atoms with E-state index in [9.17, 15) is 4.79 Å². The summed E-state index contributed by atoms with van der Waals surface area (Å²) in [6.45, 7) is 2.98. The number of carbonyl (C=O) groups is 1. The first kappa shape index (κ1) is 19.0. The largest absolute Gasteiger partial charge is 0.381 e. The second-order valence-electron chi connectivity index (χ2n) is 8.08. The van der Waals surface area contributed by atoms with Crippen LogP contribution in [0.2, 0.25) is 0 Å². The molecule has 154 valence electrons. The molecular formula is C24H26N4O2. The van der Waals surface area contributed by atoms with Crippen molar-refractivity contribution in [3.63, 3.8) is 0 Å². The van der Waals surface area contributed by atoms with Crippen LogP contribution in [0.15, 0.2) is 54.6 Å². The zero-order valence-corrected chi connectivity index (χ0v) is 17.0. The van der Waals surface area contributed by atoms with Gasteiger partial charge in [0.1, 0.15) is 5.82 Å². The first-order valence-corrected chi connectivity index (χ1v) is 10.7. The van der Waals surface area contributed by atoms with Gasteiger partial charge in [-0.3, -0.25) is 4.79 Å². The number of hydrogen-bond acceptors (Lipinski definition) is 5. The molecule has 0 radical (unpaired) electrons. The van der Waals surface area contributed by atoms with Crippen LogP contribution in [0.3, 0.4) is 0 Å². The number of carbonyl (C=O) groups excluding carboxylic acids is 1. The van der Waals surface area contributed by atoms with E-state index in [1.54, 1.807) is 0 Å². The number of rotatable bonds is 4. The van der Waals surface area contributed by atoms with Crippen LogP contribution >= 0.6 is 0 Å². The molecule has 1 unspecified atom stereocenters. The van der Waals surface area contributed by atoms with Gasteiger partial charge in [-0.1, -0.05) is 42.5 Å². The van der Waals surface area contributed by atoms with Crippen LogP contribution in [0.5, 0.6) is 0 Å². The van der Waals surface area contributed by atoms with Gasteiger partial charge in [0, 0.05) is 36.7 Å². The van der Waals surface area contributed by atoms with Crippen LogP contribution in [0.25, 0.3) is 22.3 Å². The quantitative estimate of drug-likeness (QED) is 0.724. The number of hydrogen-bond donors (Lipinski definition) is 1. The highest BCUT2D eigenvalue weighted by Crippen LogP contribution is 2.29. The number of para-hydroxylation sites is 1. The fourth-order valence-corrected chi connectivity index (χ4v) is 4.31. The van der Waals surface area contributed by atoms with Crippen molar-refractivity contribution in [2.24, 2.45) is 5.92 Å². The average molecular weight is 402 g/mol. The third-order valence-corrected chi connectivity index (χ3v) is 6.06. The zero-order chi connectivity index (χ0) is 20.3. The Morgan fingerprint density at radius 1 is 0.967 bits per heavy atom. The number of aromatic nitrogens is 2. The Morgan fingerprint density at radius 3 is 2.50 bits per heavy atom. The van der Waals surface area contributed by atoms with E-state index in [0.29, 0.717) is 13.2 Å². The van der Waals surface area contributed by atoms with E-state index in [1.165, 1.54) is 0 Å². The molecule has 1 N–H and O–H groups in total. The van der Waals surface area contributed by atoms with E-state index in [-0.39, 0.29) is 17.9 Å². The molecule has 3 aromatic rings. The Labute approximate surface area is 176 Å². The topological polar surface area (TPSA) is 67.4 Å². The Morgan fingerprint density at radius 2 is 1.73 bits per heavy atom. The fraction of sp³-hybridized carbons (Fsp3) is 0.375. The smallest absolute Gasteiger partial charge is 0.225 e. The molecular weight excluding hydrogens is 376 g/mol. The summed E-state index contributed by atoms with van der Waals surface area (Å²) in [5, 5.41) is 4.30. The second-order valence-corrected chi connectivity index (χ2v) is 8.08. The van der Waals surface area contributed by atoms with Crippen molar-refractivity contribution < 1.29 is 9.53 Å². The number of nitrogens with one attached hydrogen (secondary N) is 1. The van der Waals surface area contributed by atoms with Gasteiger partial charge in [-0.05, 0) is 31.4 Å². The first-order chi connectivity index (χ1) is 14.8. The van der Waals surface area contributed by atoms with Crippen LogP contribution in [0.4, 0.5) is 5.82 Å². The third kappa shape index (κ3) is 3.87. The standard InChI is InChI=1S/C24H26N4O2/c29-24(18-12-15-30-16-18)25-19-10-13-28(14-11-19)23-20-8-4-5-9-21(20)26-22(27-23)17-6-2-1-3-7-17/h1-9,18-19H,10-16H2,(H,25,29). The number of fused-ring (bicyclic) bond motifs is 1. The fourth-order valence-electron chi connectivity index (χ4n) is 4.31. The molecule has 0 bridgehead atoms. The molecule has 30 heavy (non-hydrogen) atoms. The monoisotopic (exact) mass is 402 g/mol. The third-order valence-electron chi connectivity index (χ3n) is 6.06. The summed E-state index contributed by atoms with van der Waals surface area (Å²) >= 11 is 0. The van der Waals surface area contributed by atoms with Crippen LogP contribution in [0.1, 0.15) is 19.3 Å². The van der Waals surface area contributed by atoms with Crippen molar-refractivity contribution in [2.45, 2.75) is 25.3 Å². The minimum Gasteiger partial charge on any atom is -0.381 e. The van der Waals surface area contributed by atoms with Gasteiger partial charge in [0.15, 0.2) is 5.82 Å². The van der Waals surface area contributed by atoms with E-state index in [0.717, 1.165) is 60.5 Å². The highest BCUT2D eigenvalue weighted by atomic mass is 16.5. The summed E-state index contributed by atoms with van der Waals surface area (Å²) in [7, 11) is 0. The van der Waals surface area contributed by atoms with Gasteiger partial charge in [0.25, 0.3) is 0 Å². The SMILES string of the molecule is O=C(NC1CCN(c2nc(-c3ccccc3)nc3ccccc23)CC1)C1CCOC1. The van der Waals surface area contributed by atoms with Crippen molar-refractivity contribution in [3.8, 4) is 11.4 Å². The lowest BCUT2D eigenvalue weighted by Gasteiger charge is -2.34. The summed E-state index contributed by atoms with van der Waals surface area (Å²) in [5.74, 6) is 1.89. The number of piperidine rings is 1. The first-order valence-electron chi connectivity index (χ1n) is 10.7. The molecule has 2 fully saturated rings. The van der Waals surface area contributed by atoms with Gasteiger partial charge in [0.05, 0.1) is 18.0 Å². The normalized spacial score (nSPS) is 19.9. The maximum Gasteiger partial charge on any atom is 0.225 e. The van der Waals surface area contributed by atoms with Gasteiger partial charge in [-0.25, -0.2) is 9.97 Å². The summed E-state index contributed by atoms with van der Waals surface area (Å²) in [6, 6.07) is 18.5. The number of ether oxygens (including phenoxy) is 1. The van der Waals surface area contributed by atoms with Crippen molar-refractivity contribution in [2.75, 3.05) is 31.2 Å². The molecule has 1 atom stereocenters. The number of nitrogens with zero attached hydrogens (tertiary/aromatic N) is 3. The Balaban J connectivity index is 1.35. The minimum atomic E-state index is 0.0160. The van der Waals surface area contributed by atoms with E-state index in [2.05, 4.69) is 16.3 Å². The molecule has 0 saturated carbocycles. The predicted molar refractivity (Wildman–Crippen MR) is 117 cm³/mol. The molecule has 3 heterocycles. The zero-order valence-electron chi connectivity index (χ0n) is 17.0. The summed E-state index contributed by atoms with van der Waals surface area (Å²) in [5.41, 5.74) is 1.98. The van der Waals surface area contributed by atoms with E-state index < -0.39 is 0 Å². The van der Waals surface area contributed by atoms with Crippen molar-refractivity contribution in [1.82, 2.24) is 15.3 Å². The number of benzene rings is 2. The van der Waals surface area contributed by atoms with Crippen LogP contribution in [0, 0.1) is 5.92 Å². The number of anilines is 1. The van der Waals surface area contributed by atoms with Crippen molar-refractivity contribution in [3.05, 3.63) is 54.6 Å². The highest BCUT2D eigenvalue weighted by Gasteiger charge is 2.28. The van der Waals surface area contributed by atoms with Gasteiger partial charge in [-0.2, -0.15) is 0 Å². The van der Waals surface area contributed by atoms with E-state index in [1.807, 2.05) is 48.5 Å².